The van der Waals surface area contributed by atoms with Gasteiger partial charge in [-0.3, -0.25) is 9.69 Å². The molecule has 27 heavy (non-hydrogen) atoms. The summed E-state index contributed by atoms with van der Waals surface area (Å²) in [7, 11) is 0. The number of carbonyl (C=O) groups excluding carboxylic acids is 1. The molecule has 1 amide bonds. The van der Waals surface area contributed by atoms with Crippen LogP contribution in [-0.2, 0) is 11.3 Å². The number of piperazine rings is 1. The first-order valence-electron chi connectivity index (χ1n) is 9.15. The van der Waals surface area contributed by atoms with Gasteiger partial charge < -0.3 is 4.90 Å². The second-order valence-corrected chi connectivity index (χ2v) is 8.05. The Morgan fingerprint density at radius 3 is 2.41 bits per heavy atom. The molecular weight excluding hydrogens is 407 g/mol. The van der Waals surface area contributed by atoms with Crippen molar-refractivity contribution in [2.45, 2.75) is 32.5 Å². The van der Waals surface area contributed by atoms with Gasteiger partial charge in [0.2, 0.25) is 5.91 Å². The molecule has 1 saturated heterocycles. The number of halogens is 2. The first-order valence-corrected chi connectivity index (χ1v) is 9.94. The Kier molecular flexibility index (Phi) is 6.45. The molecule has 2 unspecified atom stereocenters. The zero-order chi connectivity index (χ0) is 19.4. The number of carbonyl (C=O) groups is 1. The molecule has 0 radical (unpaired) electrons. The van der Waals surface area contributed by atoms with Crippen molar-refractivity contribution in [2.24, 2.45) is 0 Å². The van der Waals surface area contributed by atoms with Crippen molar-refractivity contribution >= 4 is 27.9 Å². The molecule has 2 aromatic carbocycles. The van der Waals surface area contributed by atoms with Crippen molar-refractivity contribution in [1.29, 1.82) is 0 Å². The predicted octanol–water partition coefficient (Wildman–Crippen LogP) is 4.72. The first kappa shape index (κ1) is 19.8. The largest absolute Gasteiger partial charge is 0.334 e. The maximum atomic E-state index is 13.1. The molecule has 5 heteroatoms. The first-order chi connectivity index (χ1) is 12.9. The van der Waals surface area contributed by atoms with Crippen LogP contribution in [0.5, 0.6) is 0 Å². The van der Waals surface area contributed by atoms with Gasteiger partial charge >= 0.3 is 0 Å². The summed E-state index contributed by atoms with van der Waals surface area (Å²) in [6.07, 6.45) is 3.51. The van der Waals surface area contributed by atoms with Gasteiger partial charge in [0.1, 0.15) is 5.82 Å². The summed E-state index contributed by atoms with van der Waals surface area (Å²) in [5.41, 5.74) is 2.09. The third-order valence-electron chi connectivity index (χ3n) is 4.99. The van der Waals surface area contributed by atoms with Crippen LogP contribution >= 0.6 is 15.9 Å². The maximum absolute atomic E-state index is 13.1. The van der Waals surface area contributed by atoms with E-state index in [1.807, 2.05) is 47.4 Å². The molecule has 0 N–H and O–H groups in total. The molecule has 0 spiro atoms. The highest BCUT2D eigenvalue weighted by molar-refractivity contribution is 9.10. The van der Waals surface area contributed by atoms with E-state index in [0.717, 1.165) is 28.7 Å². The Balaban J connectivity index is 1.61. The summed E-state index contributed by atoms with van der Waals surface area (Å²) < 4.78 is 14.1. The van der Waals surface area contributed by atoms with E-state index in [4.69, 9.17) is 0 Å². The van der Waals surface area contributed by atoms with E-state index in [2.05, 4.69) is 34.7 Å². The lowest BCUT2D eigenvalue weighted by Gasteiger charge is -2.44. The fraction of sp³-hybridized carbons (Fsp3) is 0.318. The average Bonchev–Trinajstić information content (AvgIpc) is 2.65. The fourth-order valence-corrected chi connectivity index (χ4v) is 3.65. The fourth-order valence-electron chi connectivity index (χ4n) is 3.39. The van der Waals surface area contributed by atoms with Gasteiger partial charge in [0, 0.05) is 42.3 Å². The second kappa shape index (κ2) is 8.81. The molecule has 2 atom stereocenters. The molecule has 1 fully saturated rings. The smallest absolute Gasteiger partial charge is 0.246 e. The van der Waals surface area contributed by atoms with Gasteiger partial charge in [0.25, 0.3) is 0 Å². The van der Waals surface area contributed by atoms with Gasteiger partial charge in [0.05, 0.1) is 0 Å². The minimum Gasteiger partial charge on any atom is -0.334 e. The molecule has 142 valence electrons. The van der Waals surface area contributed by atoms with Gasteiger partial charge in [-0.15, -0.1) is 0 Å². The van der Waals surface area contributed by atoms with Crippen LogP contribution in [0.3, 0.4) is 0 Å². The Labute approximate surface area is 168 Å². The van der Waals surface area contributed by atoms with Crippen molar-refractivity contribution < 1.29 is 9.18 Å². The number of benzene rings is 2. The van der Waals surface area contributed by atoms with Gasteiger partial charge in [0.15, 0.2) is 0 Å². The van der Waals surface area contributed by atoms with Crippen molar-refractivity contribution in [3.63, 3.8) is 0 Å². The van der Waals surface area contributed by atoms with E-state index in [1.165, 1.54) is 12.1 Å². The van der Waals surface area contributed by atoms with Crippen molar-refractivity contribution in [3.05, 3.63) is 76.0 Å². The summed E-state index contributed by atoms with van der Waals surface area (Å²) in [5.74, 6) is -0.174. The Morgan fingerprint density at radius 1 is 1.07 bits per heavy atom. The van der Waals surface area contributed by atoms with Crippen LogP contribution in [0.1, 0.15) is 25.0 Å². The van der Waals surface area contributed by atoms with E-state index in [9.17, 15) is 9.18 Å². The lowest BCUT2D eigenvalue weighted by Crippen LogP contribution is -2.57. The maximum Gasteiger partial charge on any atom is 0.246 e. The molecule has 0 aliphatic carbocycles. The molecule has 3 rings (SSSR count). The standard InChI is InChI=1S/C22H24BrFN2O/c1-16-14-26(22(27)12-7-18-3-8-20(23)9-4-18)17(2)13-25(16)15-19-5-10-21(24)11-6-19/h3-12,16-17H,13-15H2,1-2H3/b12-7+. The van der Waals surface area contributed by atoms with Gasteiger partial charge in [-0.1, -0.05) is 40.2 Å². The zero-order valence-electron chi connectivity index (χ0n) is 15.6. The van der Waals surface area contributed by atoms with Crippen molar-refractivity contribution in [3.8, 4) is 0 Å². The van der Waals surface area contributed by atoms with E-state index in [-0.39, 0.29) is 23.8 Å². The van der Waals surface area contributed by atoms with Gasteiger partial charge in [-0.05, 0) is 55.3 Å². The highest BCUT2D eigenvalue weighted by Crippen LogP contribution is 2.19. The Morgan fingerprint density at radius 2 is 1.74 bits per heavy atom. The molecule has 0 aromatic heterocycles. The third kappa shape index (κ3) is 5.27. The van der Waals surface area contributed by atoms with Gasteiger partial charge in [-0.2, -0.15) is 0 Å². The topological polar surface area (TPSA) is 23.6 Å². The normalized spacial score (nSPS) is 21.0. The average molecular weight is 431 g/mol. The highest BCUT2D eigenvalue weighted by atomic mass is 79.9. The van der Waals surface area contributed by atoms with Crippen LogP contribution in [0.15, 0.2) is 59.1 Å². The Bertz CT molecular complexity index is 804. The lowest BCUT2D eigenvalue weighted by atomic mass is 10.1. The number of nitrogens with zero attached hydrogens (tertiary/aromatic N) is 2. The lowest BCUT2D eigenvalue weighted by molar-refractivity contribution is -0.131. The molecule has 1 aliphatic rings. The monoisotopic (exact) mass is 430 g/mol. The molecule has 1 heterocycles. The number of hydrogen-bond acceptors (Lipinski definition) is 2. The second-order valence-electron chi connectivity index (χ2n) is 7.13. The molecule has 0 bridgehead atoms. The van der Waals surface area contributed by atoms with E-state index < -0.39 is 0 Å². The van der Waals surface area contributed by atoms with Crippen LogP contribution in [0.4, 0.5) is 4.39 Å². The number of hydrogen-bond donors (Lipinski definition) is 0. The molecule has 0 saturated carbocycles. The number of amides is 1. The quantitative estimate of drug-likeness (QED) is 0.654. The molecular formula is C22H24BrFN2O. The van der Waals surface area contributed by atoms with Crippen molar-refractivity contribution in [1.82, 2.24) is 9.80 Å². The molecule has 2 aromatic rings. The SMILES string of the molecule is CC1CN(C(=O)/C=C/c2ccc(Br)cc2)C(C)CN1Cc1ccc(F)cc1. The van der Waals surface area contributed by atoms with Crippen LogP contribution in [0.25, 0.3) is 6.08 Å². The van der Waals surface area contributed by atoms with Crippen LogP contribution < -0.4 is 0 Å². The highest BCUT2D eigenvalue weighted by Gasteiger charge is 2.30. The van der Waals surface area contributed by atoms with E-state index in [1.54, 1.807) is 6.08 Å². The summed E-state index contributed by atoms with van der Waals surface area (Å²) in [4.78, 5) is 16.9. The Hall–Kier alpha value is -1.98. The van der Waals surface area contributed by atoms with Crippen LogP contribution in [0, 0.1) is 5.82 Å². The minimum atomic E-state index is -0.215. The van der Waals surface area contributed by atoms with Crippen molar-refractivity contribution in [2.75, 3.05) is 13.1 Å². The van der Waals surface area contributed by atoms with Gasteiger partial charge in [-0.25, -0.2) is 4.39 Å². The van der Waals surface area contributed by atoms with Crippen LogP contribution in [0.2, 0.25) is 0 Å². The van der Waals surface area contributed by atoms with Crippen LogP contribution in [-0.4, -0.2) is 40.9 Å². The summed E-state index contributed by atoms with van der Waals surface area (Å²) >= 11 is 3.41. The van der Waals surface area contributed by atoms with E-state index in [0.29, 0.717) is 6.54 Å². The predicted molar refractivity (Wildman–Crippen MR) is 111 cm³/mol. The summed E-state index contributed by atoms with van der Waals surface area (Å²) in [6, 6.07) is 14.9. The zero-order valence-corrected chi connectivity index (χ0v) is 17.2. The minimum absolute atomic E-state index is 0.0405. The molecule has 1 aliphatic heterocycles. The summed E-state index contributed by atoms with van der Waals surface area (Å²) in [6.45, 7) is 6.47. The van der Waals surface area contributed by atoms with E-state index >= 15 is 0 Å². The summed E-state index contributed by atoms with van der Waals surface area (Å²) in [5, 5.41) is 0. The molecule has 3 nitrogen and oxygen atoms in total. The number of rotatable bonds is 4. The third-order valence-corrected chi connectivity index (χ3v) is 5.51.